The molecule has 35 heavy (non-hydrogen) atoms. The normalized spacial score (nSPS) is 24.8. The third kappa shape index (κ3) is 5.08. The molecular formula is C26H29FN4O4. The number of carbonyl (C=O) groups is 1. The van der Waals surface area contributed by atoms with Crippen molar-refractivity contribution in [2.75, 3.05) is 11.9 Å². The molecule has 0 saturated heterocycles. The highest BCUT2D eigenvalue weighted by Gasteiger charge is 2.63. The second kappa shape index (κ2) is 8.86. The van der Waals surface area contributed by atoms with Crippen LogP contribution >= 0.6 is 0 Å². The first kappa shape index (κ1) is 24.5. The van der Waals surface area contributed by atoms with E-state index >= 15 is 0 Å². The molecule has 0 spiro atoms. The number of nitrogens with one attached hydrogen (secondary N) is 1. The molecule has 8 nitrogen and oxygen atoms in total. The molecule has 1 fully saturated rings. The Balaban J connectivity index is 1.50. The van der Waals surface area contributed by atoms with Gasteiger partial charge in [0.15, 0.2) is 0 Å². The van der Waals surface area contributed by atoms with Crippen molar-refractivity contribution in [1.82, 2.24) is 4.98 Å². The predicted molar refractivity (Wildman–Crippen MR) is 129 cm³/mol. The van der Waals surface area contributed by atoms with E-state index < -0.39 is 22.9 Å². The average molecular weight is 481 g/mol. The van der Waals surface area contributed by atoms with Crippen molar-refractivity contribution in [3.63, 3.8) is 0 Å². The first-order chi connectivity index (χ1) is 16.4. The van der Waals surface area contributed by atoms with Gasteiger partial charge in [0.05, 0.1) is 11.7 Å². The van der Waals surface area contributed by atoms with E-state index in [2.05, 4.69) is 27.1 Å². The number of nitrogens with two attached hydrogens (primary N) is 1. The van der Waals surface area contributed by atoms with Gasteiger partial charge in [0, 0.05) is 23.1 Å². The number of hydrogen-bond donors (Lipinski definition) is 3. The fourth-order valence-electron chi connectivity index (χ4n) is 4.57. The Bertz CT molecular complexity index is 1260. The Morgan fingerprint density at radius 2 is 2.14 bits per heavy atom. The molecule has 2 heterocycles. The van der Waals surface area contributed by atoms with Crippen LogP contribution < -0.4 is 15.8 Å². The second-order valence-electron chi connectivity index (χ2n) is 9.70. The summed E-state index contributed by atoms with van der Waals surface area (Å²) < 4.78 is 26.0. The molecule has 1 aromatic carbocycles. The second-order valence-corrected chi connectivity index (χ2v) is 9.70. The highest BCUT2D eigenvalue weighted by atomic mass is 19.1. The van der Waals surface area contributed by atoms with Crippen LogP contribution in [-0.2, 0) is 10.3 Å². The lowest BCUT2D eigenvalue weighted by Crippen LogP contribution is -2.35. The zero-order valence-electron chi connectivity index (χ0n) is 20.3. The molecule has 1 saturated carbocycles. The fourth-order valence-corrected chi connectivity index (χ4v) is 4.57. The van der Waals surface area contributed by atoms with E-state index in [1.165, 1.54) is 18.3 Å². The number of amidine groups is 1. The van der Waals surface area contributed by atoms with Gasteiger partial charge in [-0.2, -0.15) is 0 Å². The zero-order valence-corrected chi connectivity index (χ0v) is 20.3. The van der Waals surface area contributed by atoms with Gasteiger partial charge in [0.2, 0.25) is 0 Å². The van der Waals surface area contributed by atoms with Crippen LogP contribution in [0, 0.1) is 36.4 Å². The number of aryl methyl sites for hydroxylation is 1. The number of aliphatic imine (C=N–C) groups is 1. The van der Waals surface area contributed by atoms with Gasteiger partial charge in [-0.05, 0) is 57.5 Å². The molecule has 4 atom stereocenters. The van der Waals surface area contributed by atoms with Crippen LogP contribution in [-0.4, -0.2) is 40.3 Å². The summed E-state index contributed by atoms with van der Waals surface area (Å²) in [6, 6.07) is 6.12. The summed E-state index contributed by atoms with van der Waals surface area (Å²) in [5, 5.41) is 12.4. The Labute approximate surface area is 203 Å². The minimum absolute atomic E-state index is 0.000142. The minimum Gasteiger partial charge on any atom is -0.479 e. The van der Waals surface area contributed by atoms with Gasteiger partial charge < -0.3 is 25.6 Å². The highest BCUT2D eigenvalue weighted by Crippen LogP contribution is 2.57. The number of halogens is 1. The lowest BCUT2D eigenvalue weighted by Gasteiger charge is -2.30. The minimum atomic E-state index is -1.10. The molecule has 184 valence electrons. The van der Waals surface area contributed by atoms with Crippen molar-refractivity contribution in [3.8, 4) is 17.6 Å². The molecule has 4 unspecified atom stereocenters. The number of benzene rings is 1. The van der Waals surface area contributed by atoms with Crippen molar-refractivity contribution in [2.24, 2.45) is 22.6 Å². The van der Waals surface area contributed by atoms with Crippen LogP contribution in [0.1, 0.15) is 49.3 Å². The van der Waals surface area contributed by atoms with Crippen LogP contribution in [0.25, 0.3) is 0 Å². The molecular weight excluding hydrogens is 451 g/mol. The molecule has 4 rings (SSSR count). The third-order valence-electron chi connectivity index (χ3n) is 6.29. The van der Waals surface area contributed by atoms with Gasteiger partial charge in [-0.1, -0.05) is 18.8 Å². The Morgan fingerprint density at radius 3 is 2.83 bits per heavy atom. The molecule has 2 aromatic rings. The van der Waals surface area contributed by atoms with Crippen molar-refractivity contribution < 1.29 is 23.8 Å². The van der Waals surface area contributed by atoms with E-state index in [9.17, 15) is 14.3 Å². The summed E-state index contributed by atoms with van der Waals surface area (Å²) in [5.41, 5.74) is 5.44. The van der Waals surface area contributed by atoms with E-state index in [0.717, 1.165) is 0 Å². The molecule has 1 amide bonds. The first-order valence-electron chi connectivity index (χ1n) is 11.3. The number of aromatic nitrogens is 1. The summed E-state index contributed by atoms with van der Waals surface area (Å²) in [4.78, 5) is 21.6. The summed E-state index contributed by atoms with van der Waals surface area (Å²) in [5.74, 6) is 5.16. The fraction of sp³-hybridized carbons (Fsp3) is 0.423. The number of hydrogen-bond acceptors (Lipinski definition) is 7. The number of nitrogens with zero attached hydrogens (tertiary/aromatic N) is 2. The van der Waals surface area contributed by atoms with Gasteiger partial charge in [-0.25, -0.2) is 14.4 Å². The summed E-state index contributed by atoms with van der Waals surface area (Å²) in [6.07, 6.45) is 1.34. The van der Waals surface area contributed by atoms with Gasteiger partial charge in [0.25, 0.3) is 11.9 Å². The third-order valence-corrected chi connectivity index (χ3v) is 6.29. The Hall–Kier alpha value is -3.64. The van der Waals surface area contributed by atoms with E-state index in [1.54, 1.807) is 32.9 Å². The number of ether oxygens (including phenoxy) is 2. The molecule has 4 N–H and O–H groups in total. The van der Waals surface area contributed by atoms with Crippen molar-refractivity contribution >= 4 is 17.6 Å². The number of carbonyl (C=O) groups excluding carboxylic acids is 1. The maximum Gasteiger partial charge on any atom is 0.283 e. The molecule has 2 aliphatic rings. The largest absolute Gasteiger partial charge is 0.479 e. The van der Waals surface area contributed by atoms with Crippen LogP contribution in [0.4, 0.5) is 10.1 Å². The van der Waals surface area contributed by atoms with E-state index in [-0.39, 0.29) is 36.3 Å². The van der Waals surface area contributed by atoms with Crippen molar-refractivity contribution in [3.05, 3.63) is 53.1 Å². The van der Waals surface area contributed by atoms with Crippen LogP contribution in [0.3, 0.4) is 0 Å². The van der Waals surface area contributed by atoms with Crippen LogP contribution in [0.2, 0.25) is 0 Å². The van der Waals surface area contributed by atoms with Gasteiger partial charge >= 0.3 is 0 Å². The maximum absolute atomic E-state index is 14.9. The summed E-state index contributed by atoms with van der Waals surface area (Å²) in [7, 11) is 0. The van der Waals surface area contributed by atoms with Crippen LogP contribution in [0.5, 0.6) is 5.75 Å². The van der Waals surface area contributed by atoms with Crippen molar-refractivity contribution in [2.45, 2.75) is 51.9 Å². The first-order valence-corrected chi connectivity index (χ1v) is 11.3. The number of pyridine rings is 1. The summed E-state index contributed by atoms with van der Waals surface area (Å²) in [6.45, 7) is 8.84. The zero-order chi connectivity index (χ0) is 25.5. The van der Waals surface area contributed by atoms with Crippen molar-refractivity contribution in [1.29, 1.82) is 0 Å². The van der Waals surface area contributed by atoms with Crippen LogP contribution in [0.15, 0.2) is 35.5 Å². The molecule has 1 aliphatic carbocycles. The molecule has 1 aliphatic heterocycles. The molecule has 0 bridgehead atoms. The lowest BCUT2D eigenvalue weighted by molar-refractivity contribution is 0.102. The highest BCUT2D eigenvalue weighted by molar-refractivity contribution is 6.03. The molecule has 0 radical (unpaired) electrons. The Kier molecular flexibility index (Phi) is 6.20. The topological polar surface area (TPSA) is 119 Å². The number of anilines is 1. The number of amides is 1. The van der Waals surface area contributed by atoms with Gasteiger partial charge in [0.1, 0.15) is 35.6 Å². The molecule has 9 heteroatoms. The smallest absolute Gasteiger partial charge is 0.283 e. The predicted octanol–water partition coefficient (Wildman–Crippen LogP) is 3.13. The maximum atomic E-state index is 14.9. The Morgan fingerprint density at radius 1 is 1.40 bits per heavy atom. The van der Waals surface area contributed by atoms with E-state index in [0.29, 0.717) is 22.6 Å². The standard InChI is InChI=1S/C26H29FN4O4/c1-14-11-17(34-10-6-9-25(3,4)33)13-29-21(14)23(32)30-16-7-8-19(27)18(12-16)26(5)20-15(2)22(20)35-24(28)31-26/h7-8,11-13,15,20,22,33H,10H2,1-5H3,(H2,28,31)(H,30,32). The van der Waals surface area contributed by atoms with E-state index in [1.807, 2.05) is 13.8 Å². The average Bonchev–Trinajstić information content (AvgIpc) is 3.41. The van der Waals surface area contributed by atoms with E-state index in [4.69, 9.17) is 15.2 Å². The molecule has 1 aromatic heterocycles. The number of fused-ring (bicyclic) bond motifs is 1. The summed E-state index contributed by atoms with van der Waals surface area (Å²) >= 11 is 0. The lowest BCUT2D eigenvalue weighted by atomic mass is 9.85. The van der Waals surface area contributed by atoms with Gasteiger partial charge in [-0.3, -0.25) is 4.79 Å². The number of rotatable bonds is 5. The SMILES string of the molecule is Cc1cc(OCC#CC(C)(C)O)cnc1C(=O)Nc1ccc(F)c(C2(C)N=C(N)OC3C(C)C32)c1. The monoisotopic (exact) mass is 480 g/mol. The quantitative estimate of drug-likeness (QED) is 0.566. The van der Waals surface area contributed by atoms with Gasteiger partial charge in [-0.15, -0.1) is 0 Å². The number of aliphatic hydroxyl groups is 1.